The second kappa shape index (κ2) is 12.9. The number of benzene rings is 4. The van der Waals surface area contributed by atoms with Gasteiger partial charge in [0.15, 0.2) is 5.82 Å². The first-order valence-corrected chi connectivity index (χ1v) is 13.6. The molecular formula is C30H23ClN6O2S. The minimum absolute atomic E-state index is 0.0631. The summed E-state index contributed by atoms with van der Waals surface area (Å²) in [5, 5.41) is 18.1. The first-order valence-electron chi connectivity index (χ1n) is 12.3. The third kappa shape index (κ3) is 6.82. The summed E-state index contributed by atoms with van der Waals surface area (Å²) in [6, 6.07) is 32.9. The van der Waals surface area contributed by atoms with E-state index in [9.17, 15) is 9.59 Å². The highest BCUT2D eigenvalue weighted by Crippen LogP contribution is 2.25. The number of para-hydroxylation sites is 1. The summed E-state index contributed by atoms with van der Waals surface area (Å²) in [6.45, 7) is 0. The molecule has 0 aliphatic heterocycles. The van der Waals surface area contributed by atoms with Crippen LogP contribution in [0.5, 0.6) is 0 Å². The molecule has 0 saturated heterocycles. The van der Waals surface area contributed by atoms with Gasteiger partial charge in [0.05, 0.1) is 11.4 Å². The summed E-state index contributed by atoms with van der Waals surface area (Å²) < 4.78 is 1.71. The van der Waals surface area contributed by atoms with E-state index in [1.807, 2.05) is 48.5 Å². The zero-order valence-electron chi connectivity index (χ0n) is 21.1. The molecule has 0 radical (unpaired) electrons. The van der Waals surface area contributed by atoms with Crippen molar-refractivity contribution in [2.45, 2.75) is 10.6 Å². The molecule has 0 saturated carbocycles. The van der Waals surface area contributed by atoms with E-state index < -0.39 is 11.8 Å². The molecule has 0 unspecified atom stereocenters. The Balaban J connectivity index is 1.27. The fraction of sp³-hybridized carbons (Fsp3) is 0.0333. The standard InChI is InChI=1S/C30H23ClN6O2S/c31-26-14-8-7-11-22(26)19-27(33-29(38)21-9-3-1-4-10-21)30(39)32-23-15-17-25(18-16-23)40-20-28-34-35-36-37(28)24-12-5-2-6-13-24/h1-19H,20H2,(H,32,39)(H,33,38)/b27-19-. The Morgan fingerprint density at radius 2 is 1.52 bits per heavy atom. The highest BCUT2D eigenvalue weighted by molar-refractivity contribution is 7.98. The second-order valence-electron chi connectivity index (χ2n) is 8.51. The van der Waals surface area contributed by atoms with Crippen LogP contribution in [-0.4, -0.2) is 32.0 Å². The predicted molar refractivity (Wildman–Crippen MR) is 157 cm³/mol. The van der Waals surface area contributed by atoms with Crippen LogP contribution >= 0.6 is 23.4 Å². The van der Waals surface area contributed by atoms with Gasteiger partial charge in [0.25, 0.3) is 11.8 Å². The summed E-state index contributed by atoms with van der Waals surface area (Å²) >= 11 is 7.88. The average Bonchev–Trinajstić information content (AvgIpc) is 3.47. The molecule has 1 heterocycles. The fourth-order valence-corrected chi connectivity index (χ4v) is 4.73. The number of carbonyl (C=O) groups is 2. The van der Waals surface area contributed by atoms with Crippen LogP contribution in [0.2, 0.25) is 5.02 Å². The van der Waals surface area contributed by atoms with Crippen molar-refractivity contribution in [2.75, 3.05) is 5.32 Å². The van der Waals surface area contributed by atoms with E-state index in [-0.39, 0.29) is 5.70 Å². The van der Waals surface area contributed by atoms with Gasteiger partial charge in [-0.25, -0.2) is 0 Å². The topological polar surface area (TPSA) is 102 Å². The number of carbonyl (C=O) groups excluding carboxylic acids is 2. The second-order valence-corrected chi connectivity index (χ2v) is 9.97. The Hall–Kier alpha value is -4.73. The molecule has 0 aliphatic rings. The van der Waals surface area contributed by atoms with Crippen LogP contribution in [0.1, 0.15) is 21.7 Å². The summed E-state index contributed by atoms with van der Waals surface area (Å²) in [7, 11) is 0. The molecule has 4 aromatic carbocycles. The molecular weight excluding hydrogens is 544 g/mol. The van der Waals surface area contributed by atoms with Crippen molar-refractivity contribution in [1.82, 2.24) is 25.5 Å². The van der Waals surface area contributed by atoms with Crippen molar-refractivity contribution in [3.05, 3.63) is 137 Å². The van der Waals surface area contributed by atoms with Crippen molar-refractivity contribution in [2.24, 2.45) is 0 Å². The summed E-state index contributed by atoms with van der Waals surface area (Å²) in [4.78, 5) is 27.1. The summed E-state index contributed by atoms with van der Waals surface area (Å²) in [5.74, 6) is 0.395. The lowest BCUT2D eigenvalue weighted by Gasteiger charge is -2.12. The number of anilines is 1. The van der Waals surface area contributed by atoms with Crippen LogP contribution in [-0.2, 0) is 10.5 Å². The smallest absolute Gasteiger partial charge is 0.272 e. The Bertz CT molecular complexity index is 1640. The van der Waals surface area contributed by atoms with Crippen LogP contribution in [0.4, 0.5) is 5.69 Å². The molecule has 8 nitrogen and oxygen atoms in total. The maximum atomic E-state index is 13.3. The van der Waals surface area contributed by atoms with Gasteiger partial charge in [0.1, 0.15) is 5.70 Å². The van der Waals surface area contributed by atoms with Gasteiger partial charge in [-0.15, -0.1) is 16.9 Å². The monoisotopic (exact) mass is 566 g/mol. The highest BCUT2D eigenvalue weighted by Gasteiger charge is 2.16. The van der Waals surface area contributed by atoms with Crippen LogP contribution < -0.4 is 10.6 Å². The number of tetrazole rings is 1. The largest absolute Gasteiger partial charge is 0.321 e. The first kappa shape index (κ1) is 26.9. The van der Waals surface area contributed by atoms with Gasteiger partial charge in [-0.1, -0.05) is 66.2 Å². The van der Waals surface area contributed by atoms with Gasteiger partial charge >= 0.3 is 0 Å². The van der Waals surface area contributed by atoms with E-state index in [2.05, 4.69) is 26.2 Å². The first-order chi connectivity index (χ1) is 19.6. The molecule has 40 heavy (non-hydrogen) atoms. The third-order valence-corrected chi connectivity index (χ3v) is 7.10. The number of nitrogens with zero attached hydrogens (tertiary/aromatic N) is 4. The van der Waals surface area contributed by atoms with Gasteiger partial charge in [-0.05, 0) is 76.7 Å². The third-order valence-electron chi connectivity index (χ3n) is 5.75. The molecule has 10 heteroatoms. The number of thioether (sulfide) groups is 1. The predicted octanol–water partition coefficient (Wildman–Crippen LogP) is 6.02. The summed E-state index contributed by atoms with van der Waals surface area (Å²) in [6.07, 6.45) is 1.56. The molecule has 198 valence electrons. The molecule has 0 fully saturated rings. The van der Waals surface area contributed by atoms with Crippen LogP contribution in [0.3, 0.4) is 0 Å². The van der Waals surface area contributed by atoms with E-state index in [0.717, 1.165) is 16.4 Å². The molecule has 5 rings (SSSR count). The average molecular weight is 567 g/mol. The van der Waals surface area contributed by atoms with Crippen LogP contribution in [0.15, 0.2) is 120 Å². The van der Waals surface area contributed by atoms with Crippen LogP contribution in [0.25, 0.3) is 11.8 Å². The van der Waals surface area contributed by atoms with Gasteiger partial charge in [-0.3, -0.25) is 9.59 Å². The molecule has 0 aliphatic carbocycles. The molecule has 5 aromatic rings. The number of hydrogen-bond acceptors (Lipinski definition) is 6. The minimum atomic E-state index is -0.480. The van der Waals surface area contributed by atoms with E-state index in [0.29, 0.717) is 27.6 Å². The minimum Gasteiger partial charge on any atom is -0.321 e. The van der Waals surface area contributed by atoms with Crippen molar-refractivity contribution >= 4 is 46.9 Å². The zero-order chi connectivity index (χ0) is 27.7. The molecule has 2 N–H and O–H groups in total. The maximum absolute atomic E-state index is 13.3. The molecule has 0 bridgehead atoms. The Morgan fingerprint density at radius 3 is 2.25 bits per heavy atom. The van der Waals surface area contributed by atoms with Gasteiger partial charge in [0, 0.05) is 21.2 Å². The molecule has 2 amide bonds. The Labute approximate surface area is 240 Å². The molecule has 0 atom stereocenters. The lowest BCUT2D eigenvalue weighted by molar-refractivity contribution is -0.113. The lowest BCUT2D eigenvalue weighted by Crippen LogP contribution is -2.30. The number of nitrogens with one attached hydrogen (secondary N) is 2. The van der Waals surface area contributed by atoms with E-state index >= 15 is 0 Å². The Kier molecular flexibility index (Phi) is 8.65. The quantitative estimate of drug-likeness (QED) is 0.167. The maximum Gasteiger partial charge on any atom is 0.272 e. The van der Waals surface area contributed by atoms with Crippen molar-refractivity contribution in [1.29, 1.82) is 0 Å². The number of rotatable bonds is 9. The zero-order valence-corrected chi connectivity index (χ0v) is 22.6. The fourth-order valence-electron chi connectivity index (χ4n) is 3.74. The van der Waals surface area contributed by atoms with Gasteiger partial charge in [0.2, 0.25) is 0 Å². The van der Waals surface area contributed by atoms with Crippen LogP contribution in [0, 0.1) is 0 Å². The Morgan fingerprint density at radius 1 is 0.850 bits per heavy atom. The van der Waals surface area contributed by atoms with E-state index in [4.69, 9.17) is 11.6 Å². The number of hydrogen-bond donors (Lipinski definition) is 2. The van der Waals surface area contributed by atoms with Crippen molar-refractivity contribution in [3.8, 4) is 5.69 Å². The molecule has 0 spiro atoms. The van der Waals surface area contributed by atoms with Gasteiger partial charge < -0.3 is 10.6 Å². The van der Waals surface area contributed by atoms with Gasteiger partial charge in [-0.2, -0.15) is 4.68 Å². The van der Waals surface area contributed by atoms with E-state index in [1.165, 1.54) is 0 Å². The molecule has 1 aromatic heterocycles. The number of amides is 2. The highest BCUT2D eigenvalue weighted by atomic mass is 35.5. The number of halogens is 1. The lowest BCUT2D eigenvalue weighted by atomic mass is 10.1. The van der Waals surface area contributed by atoms with Crippen molar-refractivity contribution < 1.29 is 9.59 Å². The van der Waals surface area contributed by atoms with E-state index in [1.54, 1.807) is 83.2 Å². The number of aromatic nitrogens is 4. The van der Waals surface area contributed by atoms with Crippen molar-refractivity contribution in [3.63, 3.8) is 0 Å². The summed E-state index contributed by atoms with van der Waals surface area (Å²) in [5.41, 5.74) is 2.56. The SMILES string of the molecule is O=C(Nc1ccc(SCc2nnnn2-c2ccccc2)cc1)/C(=C/c1ccccc1Cl)NC(=O)c1ccccc1. The normalized spacial score (nSPS) is 11.2.